The third-order valence-corrected chi connectivity index (χ3v) is 2.84. The molecule has 0 aromatic rings. The van der Waals surface area contributed by atoms with Crippen LogP contribution in [-0.4, -0.2) is 51.5 Å². The van der Waals surface area contributed by atoms with Crippen molar-refractivity contribution in [1.82, 2.24) is 0 Å². The van der Waals surface area contributed by atoms with Crippen LogP contribution in [0.1, 0.15) is 12.8 Å². The second-order valence-corrected chi connectivity index (χ2v) is 4.72. The monoisotopic (exact) mass is 242 g/mol. The fraction of sp³-hybridized carbons (Fsp3) is 1.00. The summed E-state index contributed by atoms with van der Waals surface area (Å²) in [5, 5.41) is 18.8. The summed E-state index contributed by atoms with van der Waals surface area (Å²) in [4.78, 5) is 17.3. The molecule has 7 nitrogen and oxygen atoms in total. The highest BCUT2D eigenvalue weighted by atomic mass is 31.2. The van der Waals surface area contributed by atoms with Crippen LogP contribution in [0.5, 0.6) is 0 Å². The number of ether oxygens (including phenoxy) is 1. The van der Waals surface area contributed by atoms with E-state index in [0.717, 1.165) is 0 Å². The number of aliphatic hydroxyl groups is 2. The molecule has 0 spiro atoms. The van der Waals surface area contributed by atoms with E-state index in [1.807, 2.05) is 0 Å². The van der Waals surface area contributed by atoms with Gasteiger partial charge in [0, 0.05) is 20.0 Å². The van der Waals surface area contributed by atoms with Gasteiger partial charge in [-0.25, -0.2) is 4.57 Å². The lowest BCUT2D eigenvalue weighted by molar-refractivity contribution is -0.124. The molecule has 0 bridgehead atoms. The van der Waals surface area contributed by atoms with Gasteiger partial charge in [0.25, 0.3) is 0 Å². The summed E-state index contributed by atoms with van der Waals surface area (Å²) < 4.78 is 20.0. The minimum Gasteiger partial charge on any atom is -0.393 e. The first-order valence-corrected chi connectivity index (χ1v) is 5.99. The fourth-order valence-corrected chi connectivity index (χ4v) is 2.28. The summed E-state index contributed by atoms with van der Waals surface area (Å²) in [6.45, 7) is 0. The molecule has 90 valence electrons. The fourth-order valence-electron chi connectivity index (χ4n) is 1.69. The summed E-state index contributed by atoms with van der Waals surface area (Å²) >= 11 is 0. The van der Waals surface area contributed by atoms with Crippen molar-refractivity contribution in [2.24, 2.45) is 0 Å². The Kier molecular flexibility index (Phi) is 4.25. The topological polar surface area (TPSA) is 116 Å². The molecule has 1 aliphatic rings. The van der Waals surface area contributed by atoms with Gasteiger partial charge in [-0.3, -0.25) is 4.52 Å². The summed E-state index contributed by atoms with van der Waals surface area (Å²) in [7, 11) is -3.34. The number of phosphoric ester groups is 1. The van der Waals surface area contributed by atoms with Crippen LogP contribution in [0, 0.1) is 0 Å². The zero-order chi connectivity index (χ0) is 11.6. The van der Waals surface area contributed by atoms with Gasteiger partial charge < -0.3 is 24.7 Å². The molecule has 4 N–H and O–H groups in total. The number of phosphoric acid groups is 1. The van der Waals surface area contributed by atoms with Crippen LogP contribution >= 0.6 is 7.82 Å². The molecule has 1 rings (SSSR count). The average Bonchev–Trinajstić information content (AvgIpc) is 2.07. The molecule has 0 aliphatic heterocycles. The minimum atomic E-state index is -4.66. The van der Waals surface area contributed by atoms with E-state index in [2.05, 4.69) is 4.52 Å². The van der Waals surface area contributed by atoms with Crippen molar-refractivity contribution in [2.75, 3.05) is 7.11 Å². The standard InChI is InChI=1S/C7H15O7P/c1-13-6-3-4(8)2-5(9)7(6)14-15(10,11)12/h4-9H,2-3H2,1H3,(H2,10,11,12)/t4-,5-,6-,7-/m0/s1. The van der Waals surface area contributed by atoms with Crippen LogP contribution < -0.4 is 0 Å². The lowest BCUT2D eigenvalue weighted by Gasteiger charge is -2.36. The van der Waals surface area contributed by atoms with Gasteiger partial charge in [-0.1, -0.05) is 0 Å². The van der Waals surface area contributed by atoms with E-state index < -0.39 is 32.2 Å². The van der Waals surface area contributed by atoms with E-state index in [9.17, 15) is 14.8 Å². The molecule has 0 aromatic heterocycles. The molecule has 0 saturated heterocycles. The molecule has 1 saturated carbocycles. The van der Waals surface area contributed by atoms with Crippen molar-refractivity contribution >= 4 is 7.82 Å². The molecule has 0 amide bonds. The van der Waals surface area contributed by atoms with E-state index in [4.69, 9.17) is 14.5 Å². The predicted octanol–water partition coefficient (Wildman–Crippen LogP) is -1.01. The Morgan fingerprint density at radius 3 is 2.33 bits per heavy atom. The van der Waals surface area contributed by atoms with Crippen LogP contribution in [0.25, 0.3) is 0 Å². The molecule has 0 radical (unpaired) electrons. The third-order valence-electron chi connectivity index (χ3n) is 2.33. The Bertz CT molecular complexity index is 252. The molecule has 1 fully saturated rings. The lowest BCUT2D eigenvalue weighted by Crippen LogP contribution is -2.48. The van der Waals surface area contributed by atoms with Crippen LogP contribution in [0.3, 0.4) is 0 Å². The van der Waals surface area contributed by atoms with Gasteiger partial charge in [0.2, 0.25) is 0 Å². The Morgan fingerprint density at radius 2 is 1.87 bits per heavy atom. The Labute approximate surface area is 86.9 Å². The maximum absolute atomic E-state index is 10.6. The second-order valence-electron chi connectivity index (χ2n) is 3.53. The van der Waals surface area contributed by atoms with Crippen molar-refractivity contribution in [3.63, 3.8) is 0 Å². The first-order valence-electron chi connectivity index (χ1n) is 4.46. The highest BCUT2D eigenvalue weighted by Crippen LogP contribution is 2.41. The van der Waals surface area contributed by atoms with Crippen LogP contribution in [0.15, 0.2) is 0 Å². The SMILES string of the molecule is CO[C@H]1C[C@@H](O)C[C@H](O)[C@@H]1OP(=O)(O)O. The van der Waals surface area contributed by atoms with Gasteiger partial charge in [-0.05, 0) is 0 Å². The summed E-state index contributed by atoms with van der Waals surface area (Å²) in [5.41, 5.74) is 0. The summed E-state index contributed by atoms with van der Waals surface area (Å²) in [6, 6.07) is 0. The molecule has 0 aromatic carbocycles. The average molecular weight is 242 g/mol. The minimum absolute atomic E-state index is 0.0184. The van der Waals surface area contributed by atoms with Crippen LogP contribution in [0.2, 0.25) is 0 Å². The molecular formula is C7H15O7P. The van der Waals surface area contributed by atoms with Crippen molar-refractivity contribution in [3.8, 4) is 0 Å². The third kappa shape index (κ3) is 3.81. The first-order chi connectivity index (χ1) is 6.83. The zero-order valence-electron chi connectivity index (χ0n) is 8.18. The van der Waals surface area contributed by atoms with Crippen molar-refractivity contribution in [2.45, 2.75) is 37.3 Å². The van der Waals surface area contributed by atoms with Gasteiger partial charge in [0.05, 0.1) is 18.3 Å². The highest BCUT2D eigenvalue weighted by molar-refractivity contribution is 7.46. The summed E-state index contributed by atoms with van der Waals surface area (Å²) in [6.07, 6.45) is -3.54. The molecule has 1 aliphatic carbocycles. The quantitative estimate of drug-likeness (QED) is 0.469. The number of aliphatic hydroxyl groups excluding tert-OH is 2. The van der Waals surface area contributed by atoms with Gasteiger partial charge in [0.15, 0.2) is 0 Å². The van der Waals surface area contributed by atoms with Crippen LogP contribution in [-0.2, 0) is 13.8 Å². The van der Waals surface area contributed by atoms with Gasteiger partial charge in [-0.15, -0.1) is 0 Å². The predicted molar refractivity (Wildman–Crippen MR) is 49.0 cm³/mol. The largest absolute Gasteiger partial charge is 0.470 e. The Morgan fingerprint density at radius 1 is 1.27 bits per heavy atom. The molecular weight excluding hydrogens is 227 g/mol. The van der Waals surface area contributed by atoms with Crippen molar-refractivity contribution < 1.29 is 33.8 Å². The first kappa shape index (κ1) is 13.1. The maximum Gasteiger partial charge on any atom is 0.470 e. The normalized spacial score (nSPS) is 37.9. The van der Waals surface area contributed by atoms with Gasteiger partial charge in [0.1, 0.15) is 6.10 Å². The smallest absolute Gasteiger partial charge is 0.393 e. The van der Waals surface area contributed by atoms with E-state index in [1.54, 1.807) is 0 Å². The highest BCUT2D eigenvalue weighted by Gasteiger charge is 2.40. The molecule has 8 heteroatoms. The number of hydrogen-bond donors (Lipinski definition) is 4. The van der Waals surface area contributed by atoms with Gasteiger partial charge >= 0.3 is 7.82 Å². The van der Waals surface area contributed by atoms with Gasteiger partial charge in [-0.2, -0.15) is 0 Å². The summed E-state index contributed by atoms with van der Waals surface area (Å²) in [5.74, 6) is 0. The Hall–Kier alpha value is -0.0100. The van der Waals surface area contributed by atoms with Crippen molar-refractivity contribution in [3.05, 3.63) is 0 Å². The van der Waals surface area contributed by atoms with E-state index in [1.165, 1.54) is 7.11 Å². The van der Waals surface area contributed by atoms with Crippen LogP contribution in [0.4, 0.5) is 0 Å². The number of hydrogen-bond acceptors (Lipinski definition) is 5. The van der Waals surface area contributed by atoms with E-state index in [0.29, 0.717) is 0 Å². The second kappa shape index (κ2) is 4.88. The number of rotatable bonds is 3. The zero-order valence-corrected chi connectivity index (χ0v) is 9.08. The van der Waals surface area contributed by atoms with E-state index in [-0.39, 0.29) is 12.8 Å². The molecule has 4 atom stereocenters. The lowest BCUT2D eigenvalue weighted by atomic mass is 9.90. The number of methoxy groups -OCH3 is 1. The maximum atomic E-state index is 10.6. The molecule has 0 unspecified atom stereocenters. The molecule has 15 heavy (non-hydrogen) atoms. The van der Waals surface area contributed by atoms with Crippen molar-refractivity contribution in [1.29, 1.82) is 0 Å². The van der Waals surface area contributed by atoms with E-state index >= 15 is 0 Å². The molecule has 0 heterocycles. The Balaban J connectivity index is 2.70.